The zero-order chi connectivity index (χ0) is 40.9. The van der Waals surface area contributed by atoms with E-state index in [1.165, 1.54) is 11.1 Å². The van der Waals surface area contributed by atoms with Crippen LogP contribution >= 0.6 is 0 Å². The summed E-state index contributed by atoms with van der Waals surface area (Å²) in [5.74, 6) is 1.44. The normalized spacial score (nSPS) is 16.3. The van der Waals surface area contributed by atoms with Gasteiger partial charge in [0.05, 0.1) is 18.8 Å². The third-order valence-electron chi connectivity index (χ3n) is 10.5. The number of nitrogens with zero attached hydrogens (tertiary/aromatic N) is 1. The molecular weight excluding hydrogens is 747 g/mol. The van der Waals surface area contributed by atoms with Crippen molar-refractivity contribution in [2.75, 3.05) is 11.9 Å². The predicted molar refractivity (Wildman–Crippen MR) is 236 cm³/mol. The molecule has 1 heterocycles. The molecule has 8 nitrogen and oxygen atoms in total. The Kier molecular flexibility index (Phi) is 13.4. The van der Waals surface area contributed by atoms with Crippen molar-refractivity contribution in [1.29, 1.82) is 0 Å². The molecule has 0 spiro atoms. The van der Waals surface area contributed by atoms with Gasteiger partial charge in [-0.05, 0) is 87.5 Å². The number of carbonyl (C=O) groups excluding carboxylic acids is 1. The van der Waals surface area contributed by atoms with Crippen LogP contribution in [0.1, 0.15) is 52.2 Å². The number of para-hydroxylation sites is 1. The zero-order valence-electron chi connectivity index (χ0n) is 33.4. The van der Waals surface area contributed by atoms with E-state index in [1.54, 1.807) is 0 Å². The number of urea groups is 1. The summed E-state index contributed by atoms with van der Waals surface area (Å²) >= 11 is 0. The SMILES string of the molecule is O=C(NCc1cccc(-c2cccc([C@@H]3O[C@H](CN(Cc4ccccc4)Cc4ccccc4)C[C@H](c4ccc(CO)cc4)O3)c2)c1)Nc1ccc(Oc2ccccc2)cc1. The van der Waals surface area contributed by atoms with E-state index in [1.807, 2.05) is 84.9 Å². The molecule has 8 heteroatoms. The van der Waals surface area contributed by atoms with Gasteiger partial charge in [0.25, 0.3) is 0 Å². The first-order valence-corrected chi connectivity index (χ1v) is 20.4. The monoisotopic (exact) mass is 795 g/mol. The molecule has 302 valence electrons. The Balaban J connectivity index is 0.957. The molecule has 3 N–H and O–H groups in total. The van der Waals surface area contributed by atoms with Crippen molar-refractivity contribution in [3.8, 4) is 22.6 Å². The highest BCUT2D eigenvalue weighted by Crippen LogP contribution is 2.39. The van der Waals surface area contributed by atoms with E-state index < -0.39 is 6.29 Å². The topological polar surface area (TPSA) is 92.3 Å². The van der Waals surface area contributed by atoms with Gasteiger partial charge in [0.2, 0.25) is 0 Å². The maximum absolute atomic E-state index is 12.9. The lowest BCUT2D eigenvalue weighted by Crippen LogP contribution is -2.39. The Morgan fingerprint density at radius 2 is 1.20 bits per heavy atom. The van der Waals surface area contributed by atoms with Gasteiger partial charge in [-0.2, -0.15) is 0 Å². The molecule has 2 amide bonds. The smallest absolute Gasteiger partial charge is 0.319 e. The summed E-state index contributed by atoms with van der Waals surface area (Å²) in [5.41, 5.74) is 9.01. The lowest BCUT2D eigenvalue weighted by Gasteiger charge is -2.38. The van der Waals surface area contributed by atoms with Crippen molar-refractivity contribution in [3.05, 3.63) is 221 Å². The van der Waals surface area contributed by atoms with Crippen LogP contribution in [0.4, 0.5) is 10.5 Å². The molecule has 7 aromatic rings. The van der Waals surface area contributed by atoms with Gasteiger partial charge in [-0.3, -0.25) is 4.90 Å². The Labute approximate surface area is 352 Å². The van der Waals surface area contributed by atoms with E-state index in [0.29, 0.717) is 30.9 Å². The molecule has 60 heavy (non-hydrogen) atoms. The number of ether oxygens (including phenoxy) is 3. The highest BCUT2D eigenvalue weighted by molar-refractivity contribution is 5.89. The van der Waals surface area contributed by atoms with Gasteiger partial charge in [-0.25, -0.2) is 4.79 Å². The maximum Gasteiger partial charge on any atom is 0.319 e. The third kappa shape index (κ3) is 11.1. The predicted octanol–water partition coefficient (Wildman–Crippen LogP) is 11.2. The minimum Gasteiger partial charge on any atom is -0.457 e. The first kappa shape index (κ1) is 40.2. The Morgan fingerprint density at radius 1 is 0.600 bits per heavy atom. The average molecular weight is 796 g/mol. The molecule has 7 aromatic carbocycles. The molecule has 0 bridgehead atoms. The second kappa shape index (κ2) is 19.9. The van der Waals surface area contributed by atoms with Crippen LogP contribution in [0.25, 0.3) is 11.1 Å². The fourth-order valence-electron chi connectivity index (χ4n) is 7.50. The largest absolute Gasteiger partial charge is 0.457 e. The summed E-state index contributed by atoms with van der Waals surface area (Å²) in [6, 6.07) is 62.2. The molecule has 0 aliphatic carbocycles. The third-order valence-corrected chi connectivity index (χ3v) is 10.5. The Hall–Kier alpha value is -6.55. The summed E-state index contributed by atoms with van der Waals surface area (Å²) in [7, 11) is 0. The number of aliphatic hydroxyl groups is 1. The molecule has 8 rings (SSSR count). The minimum absolute atomic E-state index is 0.00810. The highest BCUT2D eigenvalue weighted by Gasteiger charge is 2.33. The van der Waals surface area contributed by atoms with E-state index in [9.17, 15) is 9.90 Å². The van der Waals surface area contributed by atoms with E-state index in [2.05, 4.69) is 119 Å². The molecule has 1 saturated heterocycles. The number of nitrogens with one attached hydrogen (secondary N) is 2. The standard InChI is InChI=1S/C52H49N3O5/c56-37-40-22-24-42(25-23-40)50-32-49(36-55(34-38-12-4-1-5-13-38)35-39-14-6-2-7-15-39)59-51(60-50)45-19-11-18-44(31-45)43-17-10-16-41(30-43)33-53-52(57)54-46-26-28-48(29-27-46)58-47-20-8-3-9-21-47/h1-31,49-51,56H,32-37H2,(H2,53,54,57)/t49-,50+,51+/m0/s1. The maximum atomic E-state index is 12.9. The minimum atomic E-state index is -0.603. The van der Waals surface area contributed by atoms with Gasteiger partial charge >= 0.3 is 6.03 Å². The number of rotatable bonds is 15. The van der Waals surface area contributed by atoms with E-state index in [0.717, 1.165) is 52.2 Å². The average Bonchev–Trinajstić information content (AvgIpc) is 3.30. The molecule has 0 saturated carbocycles. The van der Waals surface area contributed by atoms with Crippen LogP contribution in [-0.2, 0) is 35.7 Å². The fourth-order valence-corrected chi connectivity index (χ4v) is 7.50. The van der Waals surface area contributed by atoms with Gasteiger partial charge in [-0.1, -0.05) is 140 Å². The van der Waals surface area contributed by atoms with E-state index in [-0.39, 0.29) is 24.8 Å². The Morgan fingerprint density at radius 3 is 1.87 bits per heavy atom. The van der Waals surface area contributed by atoms with Crippen molar-refractivity contribution in [2.24, 2.45) is 0 Å². The van der Waals surface area contributed by atoms with Gasteiger partial charge < -0.3 is 30.0 Å². The van der Waals surface area contributed by atoms with Crippen LogP contribution in [0.5, 0.6) is 11.5 Å². The zero-order valence-corrected chi connectivity index (χ0v) is 33.4. The molecule has 1 aliphatic heterocycles. The van der Waals surface area contributed by atoms with E-state index >= 15 is 0 Å². The van der Waals surface area contributed by atoms with Crippen LogP contribution < -0.4 is 15.4 Å². The van der Waals surface area contributed by atoms with Gasteiger partial charge in [0, 0.05) is 43.9 Å². The summed E-state index contributed by atoms with van der Waals surface area (Å²) in [6.45, 7) is 2.63. The number of benzene rings is 7. The summed E-state index contributed by atoms with van der Waals surface area (Å²) in [6.07, 6.45) is -0.246. The lowest BCUT2D eigenvalue weighted by molar-refractivity contribution is -0.253. The quantitative estimate of drug-likeness (QED) is 0.0957. The Bertz CT molecular complexity index is 2370. The first-order chi connectivity index (χ1) is 29.5. The van der Waals surface area contributed by atoms with Crippen LogP contribution in [0.2, 0.25) is 0 Å². The van der Waals surface area contributed by atoms with Crippen molar-refractivity contribution in [1.82, 2.24) is 10.2 Å². The lowest BCUT2D eigenvalue weighted by atomic mass is 9.98. The van der Waals surface area contributed by atoms with Crippen LogP contribution in [0.15, 0.2) is 188 Å². The highest BCUT2D eigenvalue weighted by atomic mass is 16.7. The summed E-state index contributed by atoms with van der Waals surface area (Å²) in [4.78, 5) is 15.3. The molecule has 0 aromatic heterocycles. The van der Waals surface area contributed by atoms with Gasteiger partial charge in [-0.15, -0.1) is 0 Å². The summed E-state index contributed by atoms with van der Waals surface area (Å²) < 4.78 is 19.5. The first-order valence-electron chi connectivity index (χ1n) is 20.4. The number of amides is 2. The number of carbonyl (C=O) groups is 1. The molecule has 0 unspecified atom stereocenters. The van der Waals surface area contributed by atoms with Crippen molar-refractivity contribution >= 4 is 11.7 Å². The van der Waals surface area contributed by atoms with Crippen LogP contribution in [-0.4, -0.2) is 28.7 Å². The van der Waals surface area contributed by atoms with Crippen LogP contribution in [0, 0.1) is 0 Å². The molecule has 1 fully saturated rings. The second-order valence-electron chi connectivity index (χ2n) is 15.1. The number of hydrogen-bond donors (Lipinski definition) is 3. The van der Waals surface area contributed by atoms with Crippen molar-refractivity contribution in [2.45, 2.75) is 51.2 Å². The fraction of sp³-hybridized carbons (Fsp3) is 0.173. The summed E-state index contributed by atoms with van der Waals surface area (Å²) in [5, 5.41) is 15.6. The number of anilines is 1. The number of hydrogen-bond acceptors (Lipinski definition) is 6. The molecule has 1 aliphatic rings. The van der Waals surface area contributed by atoms with Gasteiger partial charge in [0.1, 0.15) is 11.5 Å². The molecular formula is C52H49N3O5. The number of aliphatic hydroxyl groups excluding tert-OH is 1. The second-order valence-corrected chi connectivity index (χ2v) is 15.1. The van der Waals surface area contributed by atoms with Crippen LogP contribution in [0.3, 0.4) is 0 Å². The van der Waals surface area contributed by atoms with E-state index in [4.69, 9.17) is 14.2 Å². The van der Waals surface area contributed by atoms with Gasteiger partial charge in [0.15, 0.2) is 6.29 Å². The van der Waals surface area contributed by atoms with Crippen molar-refractivity contribution in [3.63, 3.8) is 0 Å². The van der Waals surface area contributed by atoms with Crippen molar-refractivity contribution < 1.29 is 24.1 Å². The molecule has 0 radical (unpaired) electrons. The molecule has 3 atom stereocenters.